The quantitative estimate of drug-likeness (QED) is 0.369. The van der Waals surface area contributed by atoms with Gasteiger partial charge in [-0.15, -0.1) is 0 Å². The molecule has 160 valence electrons. The molecule has 2 N–H and O–H groups in total. The van der Waals surface area contributed by atoms with Crippen LogP contribution in [0.15, 0.2) is 66.0 Å². The molecule has 0 fully saturated rings. The lowest BCUT2D eigenvalue weighted by molar-refractivity contribution is -0.143. The van der Waals surface area contributed by atoms with Crippen LogP contribution in [-0.4, -0.2) is 22.9 Å². The molecule has 0 aliphatic heterocycles. The molecule has 0 radical (unpaired) electrons. The highest BCUT2D eigenvalue weighted by atomic mass is 35.5. The SMILES string of the molecule is COC(=O)c1cnn(-c2ccc(/C(=C/Nc3ccc(Cl)cc3)N=N)cc2)c1C(F)(F)F. The number of nitrogens with one attached hydrogen (secondary N) is 2. The molecule has 7 nitrogen and oxygen atoms in total. The Kier molecular flexibility index (Phi) is 6.40. The summed E-state index contributed by atoms with van der Waals surface area (Å²) >= 11 is 5.83. The highest BCUT2D eigenvalue weighted by Gasteiger charge is 2.41. The van der Waals surface area contributed by atoms with Gasteiger partial charge in [0.1, 0.15) is 11.3 Å². The second-order valence-electron chi connectivity index (χ2n) is 6.15. The van der Waals surface area contributed by atoms with Crippen LogP contribution in [0, 0.1) is 5.53 Å². The molecule has 0 aliphatic rings. The van der Waals surface area contributed by atoms with Crippen molar-refractivity contribution >= 4 is 29.0 Å². The Labute approximate surface area is 179 Å². The summed E-state index contributed by atoms with van der Waals surface area (Å²) in [4.78, 5) is 11.7. The Balaban J connectivity index is 1.91. The minimum absolute atomic E-state index is 0.0706. The standard InChI is InChI=1S/C20H15ClF3N5O2/c1-31-19(30)16-10-27-29(18(16)20(22,23)24)15-8-2-12(3-9-15)17(28-25)11-26-14-6-4-13(21)5-7-14/h2-11,25-26H,1H3/b17-11-,28-25?. The molecule has 31 heavy (non-hydrogen) atoms. The first-order valence-electron chi connectivity index (χ1n) is 8.68. The summed E-state index contributed by atoms with van der Waals surface area (Å²) in [6.45, 7) is 0. The summed E-state index contributed by atoms with van der Waals surface area (Å²) < 4.78 is 45.6. The number of carbonyl (C=O) groups excluding carboxylic acids is 1. The van der Waals surface area contributed by atoms with Crippen molar-refractivity contribution in [2.24, 2.45) is 5.11 Å². The molecule has 3 rings (SSSR count). The number of alkyl halides is 3. The van der Waals surface area contributed by atoms with Crippen LogP contribution in [0.2, 0.25) is 5.02 Å². The molecule has 1 aromatic heterocycles. The Morgan fingerprint density at radius 1 is 1.19 bits per heavy atom. The maximum Gasteiger partial charge on any atom is 0.434 e. The molecular weight excluding hydrogens is 435 g/mol. The van der Waals surface area contributed by atoms with Gasteiger partial charge in [-0.1, -0.05) is 23.7 Å². The molecule has 11 heteroatoms. The molecule has 2 aromatic carbocycles. The fraction of sp³-hybridized carbons (Fsp3) is 0.100. The highest BCUT2D eigenvalue weighted by Crippen LogP contribution is 2.34. The zero-order chi connectivity index (χ0) is 22.6. The van der Waals surface area contributed by atoms with E-state index in [4.69, 9.17) is 17.1 Å². The van der Waals surface area contributed by atoms with Crippen molar-refractivity contribution in [2.75, 3.05) is 12.4 Å². The number of anilines is 1. The monoisotopic (exact) mass is 449 g/mol. The maximum absolute atomic E-state index is 13.5. The second kappa shape index (κ2) is 9.00. The van der Waals surface area contributed by atoms with Gasteiger partial charge < -0.3 is 10.1 Å². The van der Waals surface area contributed by atoms with Gasteiger partial charge >= 0.3 is 12.1 Å². The first-order chi connectivity index (χ1) is 14.7. The molecule has 0 aliphatic carbocycles. The summed E-state index contributed by atoms with van der Waals surface area (Å²) in [5, 5.41) is 10.7. The number of carbonyl (C=O) groups is 1. The van der Waals surface area contributed by atoms with Gasteiger partial charge in [0, 0.05) is 22.5 Å². The van der Waals surface area contributed by atoms with Crippen molar-refractivity contribution in [3.8, 4) is 5.69 Å². The van der Waals surface area contributed by atoms with E-state index in [1.807, 2.05) is 0 Å². The van der Waals surface area contributed by atoms with Gasteiger partial charge in [0.15, 0.2) is 5.69 Å². The predicted molar refractivity (Wildman–Crippen MR) is 108 cm³/mol. The third-order valence-electron chi connectivity index (χ3n) is 4.19. The van der Waals surface area contributed by atoms with E-state index in [9.17, 15) is 18.0 Å². The van der Waals surface area contributed by atoms with Crippen molar-refractivity contribution in [1.29, 1.82) is 5.53 Å². The first-order valence-corrected chi connectivity index (χ1v) is 9.06. The molecule has 0 amide bonds. The highest BCUT2D eigenvalue weighted by molar-refractivity contribution is 6.30. The summed E-state index contributed by atoms with van der Waals surface area (Å²) in [6, 6.07) is 12.6. The lowest BCUT2D eigenvalue weighted by Crippen LogP contribution is -2.18. The van der Waals surface area contributed by atoms with Gasteiger partial charge in [0.25, 0.3) is 0 Å². The van der Waals surface area contributed by atoms with E-state index in [2.05, 4.69) is 20.3 Å². The minimum Gasteiger partial charge on any atom is -0.465 e. The summed E-state index contributed by atoms with van der Waals surface area (Å²) in [7, 11) is 0.991. The van der Waals surface area contributed by atoms with Crippen LogP contribution in [0.1, 0.15) is 21.6 Å². The predicted octanol–water partition coefficient (Wildman–Crippen LogP) is 5.77. The van der Waals surface area contributed by atoms with E-state index in [-0.39, 0.29) is 11.4 Å². The van der Waals surface area contributed by atoms with Gasteiger partial charge in [-0.05, 0) is 36.4 Å². The van der Waals surface area contributed by atoms with E-state index in [0.29, 0.717) is 21.0 Å². The zero-order valence-corrected chi connectivity index (χ0v) is 16.7. The number of methoxy groups -OCH3 is 1. The van der Waals surface area contributed by atoms with Crippen LogP contribution in [-0.2, 0) is 10.9 Å². The molecule has 0 saturated carbocycles. The Morgan fingerprint density at radius 2 is 1.84 bits per heavy atom. The lowest BCUT2D eigenvalue weighted by atomic mass is 10.1. The average Bonchev–Trinajstić information content (AvgIpc) is 3.21. The van der Waals surface area contributed by atoms with E-state index < -0.39 is 23.4 Å². The number of nitrogens with zero attached hydrogens (tertiary/aromatic N) is 3. The molecule has 0 bridgehead atoms. The third kappa shape index (κ3) is 4.92. The molecule has 0 unspecified atom stereocenters. The number of ether oxygens (including phenoxy) is 1. The number of hydrogen-bond donors (Lipinski definition) is 2. The Hall–Kier alpha value is -3.66. The fourth-order valence-electron chi connectivity index (χ4n) is 2.73. The summed E-state index contributed by atoms with van der Waals surface area (Å²) in [5.74, 6) is -1.14. The van der Waals surface area contributed by atoms with E-state index in [1.165, 1.54) is 30.5 Å². The van der Waals surface area contributed by atoms with Gasteiger partial charge in [0.2, 0.25) is 0 Å². The number of rotatable bonds is 6. The van der Waals surface area contributed by atoms with Gasteiger partial charge in [-0.2, -0.15) is 23.4 Å². The third-order valence-corrected chi connectivity index (χ3v) is 4.44. The van der Waals surface area contributed by atoms with Crippen LogP contribution in [0.5, 0.6) is 0 Å². The van der Waals surface area contributed by atoms with Crippen molar-refractivity contribution < 1.29 is 22.7 Å². The number of hydrogen-bond acceptors (Lipinski definition) is 6. The number of benzene rings is 2. The first kappa shape index (κ1) is 22.0. The Morgan fingerprint density at radius 3 is 2.39 bits per heavy atom. The van der Waals surface area contributed by atoms with Crippen LogP contribution < -0.4 is 5.32 Å². The molecule has 1 heterocycles. The van der Waals surface area contributed by atoms with Gasteiger partial charge in [0.05, 0.1) is 19.0 Å². The van der Waals surface area contributed by atoms with Crippen molar-refractivity contribution in [1.82, 2.24) is 9.78 Å². The van der Waals surface area contributed by atoms with Crippen LogP contribution in [0.25, 0.3) is 11.4 Å². The van der Waals surface area contributed by atoms with Crippen LogP contribution in [0.3, 0.4) is 0 Å². The normalized spacial score (nSPS) is 11.8. The fourth-order valence-corrected chi connectivity index (χ4v) is 2.85. The Bertz CT molecular complexity index is 1120. The average molecular weight is 450 g/mol. The lowest BCUT2D eigenvalue weighted by Gasteiger charge is -2.12. The summed E-state index contributed by atoms with van der Waals surface area (Å²) in [5.41, 5.74) is 6.96. The van der Waals surface area contributed by atoms with Gasteiger partial charge in [-0.25, -0.2) is 15.0 Å². The van der Waals surface area contributed by atoms with Crippen LogP contribution >= 0.6 is 11.6 Å². The number of esters is 1. The van der Waals surface area contributed by atoms with Crippen molar-refractivity contribution in [3.63, 3.8) is 0 Å². The van der Waals surface area contributed by atoms with Crippen molar-refractivity contribution in [3.05, 3.63) is 82.8 Å². The molecule has 0 spiro atoms. The number of aromatic nitrogens is 2. The molecule has 0 saturated heterocycles. The van der Waals surface area contributed by atoms with E-state index >= 15 is 0 Å². The summed E-state index contributed by atoms with van der Waals surface area (Å²) in [6.07, 6.45) is -2.54. The smallest absolute Gasteiger partial charge is 0.434 e. The van der Waals surface area contributed by atoms with Crippen LogP contribution in [0.4, 0.5) is 18.9 Å². The van der Waals surface area contributed by atoms with Gasteiger partial charge in [-0.3, -0.25) is 0 Å². The maximum atomic E-state index is 13.5. The second-order valence-corrected chi connectivity index (χ2v) is 6.58. The molecular formula is C20H15ClF3N5O2. The van der Waals surface area contributed by atoms with E-state index in [1.54, 1.807) is 24.3 Å². The number of halogens is 4. The largest absolute Gasteiger partial charge is 0.465 e. The van der Waals surface area contributed by atoms with Crippen molar-refractivity contribution in [2.45, 2.75) is 6.18 Å². The zero-order valence-electron chi connectivity index (χ0n) is 15.9. The topological polar surface area (TPSA) is 92.4 Å². The van der Waals surface area contributed by atoms with E-state index in [0.717, 1.165) is 13.3 Å². The minimum atomic E-state index is -4.83. The molecule has 3 aromatic rings. The molecule has 0 atom stereocenters.